The lowest BCUT2D eigenvalue weighted by atomic mass is 10.3. The summed E-state index contributed by atoms with van der Waals surface area (Å²) in [7, 11) is 0. The van der Waals surface area contributed by atoms with Crippen LogP contribution in [0.15, 0.2) is 51.4 Å². The monoisotopic (exact) mass is 416 g/mol. The maximum atomic E-state index is 11.8. The van der Waals surface area contributed by atoms with Crippen LogP contribution in [0.3, 0.4) is 0 Å². The maximum absolute atomic E-state index is 11.8. The molecule has 0 aliphatic carbocycles. The zero-order chi connectivity index (χ0) is 14.5. The van der Waals surface area contributed by atoms with E-state index in [2.05, 4.69) is 42.5 Å². The van der Waals surface area contributed by atoms with Gasteiger partial charge in [-0.05, 0) is 52.3 Å². The third-order valence-corrected chi connectivity index (χ3v) is 3.86. The second-order valence-electron chi connectivity index (χ2n) is 4.04. The number of rotatable bonds is 4. The van der Waals surface area contributed by atoms with Gasteiger partial charge in [0, 0.05) is 25.3 Å². The molecular formula is C14H11Br2ClN2O. The number of nitrogens with one attached hydrogen (secondary N) is 2. The fourth-order valence-corrected chi connectivity index (χ4v) is 2.96. The van der Waals surface area contributed by atoms with Crippen molar-refractivity contribution < 1.29 is 4.79 Å². The summed E-state index contributed by atoms with van der Waals surface area (Å²) >= 11 is 12.7. The summed E-state index contributed by atoms with van der Waals surface area (Å²) in [5.74, 6) is -0.137. The van der Waals surface area contributed by atoms with Crippen LogP contribution >= 0.6 is 43.5 Å². The van der Waals surface area contributed by atoms with E-state index in [1.807, 2.05) is 18.2 Å². The van der Waals surface area contributed by atoms with Gasteiger partial charge < -0.3 is 10.6 Å². The Morgan fingerprint density at radius 2 is 1.95 bits per heavy atom. The first-order valence-electron chi connectivity index (χ1n) is 5.79. The molecule has 0 aromatic heterocycles. The molecule has 0 aliphatic heterocycles. The third kappa shape index (κ3) is 4.51. The summed E-state index contributed by atoms with van der Waals surface area (Å²) < 4.78 is 1.86. The van der Waals surface area contributed by atoms with Crippen LogP contribution in [0.5, 0.6) is 0 Å². The van der Waals surface area contributed by atoms with Crippen LogP contribution < -0.4 is 10.6 Å². The fraction of sp³-hybridized carbons (Fsp3) is 0.0714. The Morgan fingerprint density at radius 3 is 2.65 bits per heavy atom. The Balaban J connectivity index is 1.92. The second kappa shape index (κ2) is 7.11. The standard InChI is InChI=1S/C14H11Br2ClN2O/c15-9-4-5-13(12(16)6-9)18-8-14(20)19-11-3-1-2-10(17)7-11/h1-7,18H,8H2,(H,19,20). The van der Waals surface area contributed by atoms with E-state index in [-0.39, 0.29) is 12.5 Å². The Morgan fingerprint density at radius 1 is 1.15 bits per heavy atom. The minimum Gasteiger partial charge on any atom is -0.375 e. The van der Waals surface area contributed by atoms with Crippen molar-refractivity contribution in [2.75, 3.05) is 17.2 Å². The molecule has 2 N–H and O–H groups in total. The van der Waals surface area contributed by atoms with Gasteiger partial charge in [-0.25, -0.2) is 0 Å². The largest absolute Gasteiger partial charge is 0.375 e. The predicted molar refractivity (Wildman–Crippen MR) is 90.4 cm³/mol. The van der Waals surface area contributed by atoms with Gasteiger partial charge in [-0.3, -0.25) is 4.79 Å². The molecule has 104 valence electrons. The molecule has 0 saturated carbocycles. The zero-order valence-corrected chi connectivity index (χ0v) is 14.2. The van der Waals surface area contributed by atoms with Crippen LogP contribution in [0, 0.1) is 0 Å². The summed E-state index contributed by atoms with van der Waals surface area (Å²) in [6.07, 6.45) is 0. The van der Waals surface area contributed by atoms with Crippen molar-refractivity contribution in [1.29, 1.82) is 0 Å². The lowest BCUT2D eigenvalue weighted by Crippen LogP contribution is -2.21. The zero-order valence-electron chi connectivity index (χ0n) is 10.3. The topological polar surface area (TPSA) is 41.1 Å². The third-order valence-electron chi connectivity index (χ3n) is 2.48. The summed E-state index contributed by atoms with van der Waals surface area (Å²) in [6.45, 7) is 0.173. The average molecular weight is 419 g/mol. The molecule has 0 spiro atoms. The minimum absolute atomic E-state index is 0.137. The molecule has 1 amide bonds. The van der Waals surface area contributed by atoms with Crippen LogP contribution in [0.25, 0.3) is 0 Å². The molecule has 0 unspecified atom stereocenters. The number of benzene rings is 2. The Kier molecular flexibility index (Phi) is 5.46. The van der Waals surface area contributed by atoms with Gasteiger partial charge in [-0.15, -0.1) is 0 Å². The second-order valence-corrected chi connectivity index (χ2v) is 6.24. The van der Waals surface area contributed by atoms with E-state index in [0.29, 0.717) is 10.7 Å². The van der Waals surface area contributed by atoms with Crippen LogP contribution in [0.1, 0.15) is 0 Å². The summed E-state index contributed by atoms with van der Waals surface area (Å²) in [5, 5.41) is 6.42. The van der Waals surface area contributed by atoms with Crippen LogP contribution in [-0.4, -0.2) is 12.5 Å². The fourth-order valence-electron chi connectivity index (χ4n) is 1.58. The van der Waals surface area contributed by atoms with Crippen molar-refractivity contribution in [3.8, 4) is 0 Å². The molecule has 3 nitrogen and oxygen atoms in total. The number of hydrogen-bond donors (Lipinski definition) is 2. The highest BCUT2D eigenvalue weighted by molar-refractivity contribution is 9.11. The van der Waals surface area contributed by atoms with Crippen LogP contribution in [-0.2, 0) is 4.79 Å². The molecule has 2 aromatic carbocycles. The van der Waals surface area contributed by atoms with E-state index < -0.39 is 0 Å². The summed E-state index contributed by atoms with van der Waals surface area (Å²) in [4.78, 5) is 11.8. The molecule has 2 rings (SSSR count). The van der Waals surface area contributed by atoms with Gasteiger partial charge in [0.1, 0.15) is 0 Å². The molecule has 0 heterocycles. The Labute approximate surface area is 139 Å². The molecule has 0 bridgehead atoms. The van der Waals surface area contributed by atoms with E-state index in [9.17, 15) is 4.79 Å². The normalized spacial score (nSPS) is 10.2. The molecule has 0 aliphatic rings. The molecule has 2 aromatic rings. The predicted octanol–water partition coefficient (Wildman–Crippen LogP) is 4.92. The number of hydrogen-bond acceptors (Lipinski definition) is 2. The number of carbonyl (C=O) groups excluding carboxylic acids is 1. The van der Waals surface area contributed by atoms with Crippen LogP contribution in [0.2, 0.25) is 5.02 Å². The van der Waals surface area contributed by atoms with Gasteiger partial charge >= 0.3 is 0 Å². The first kappa shape index (κ1) is 15.4. The molecule has 0 radical (unpaired) electrons. The molecular weight excluding hydrogens is 407 g/mol. The average Bonchev–Trinajstić information content (AvgIpc) is 2.37. The van der Waals surface area contributed by atoms with Crippen molar-refractivity contribution in [3.05, 3.63) is 56.4 Å². The van der Waals surface area contributed by atoms with Gasteiger partial charge in [0.05, 0.1) is 6.54 Å². The van der Waals surface area contributed by atoms with E-state index in [4.69, 9.17) is 11.6 Å². The Hall–Kier alpha value is -1.04. The van der Waals surface area contributed by atoms with Gasteiger partial charge in [0.25, 0.3) is 0 Å². The molecule has 20 heavy (non-hydrogen) atoms. The maximum Gasteiger partial charge on any atom is 0.243 e. The highest BCUT2D eigenvalue weighted by Crippen LogP contribution is 2.25. The van der Waals surface area contributed by atoms with Crippen molar-refractivity contribution in [3.63, 3.8) is 0 Å². The summed E-state index contributed by atoms with van der Waals surface area (Å²) in [5.41, 5.74) is 1.54. The molecule has 6 heteroatoms. The van der Waals surface area contributed by atoms with E-state index in [0.717, 1.165) is 14.6 Å². The van der Waals surface area contributed by atoms with Crippen LogP contribution in [0.4, 0.5) is 11.4 Å². The molecule has 0 fully saturated rings. The van der Waals surface area contributed by atoms with Gasteiger partial charge in [0.2, 0.25) is 5.91 Å². The number of halogens is 3. The van der Waals surface area contributed by atoms with E-state index in [1.165, 1.54) is 0 Å². The lowest BCUT2D eigenvalue weighted by Gasteiger charge is -2.09. The highest BCUT2D eigenvalue weighted by atomic mass is 79.9. The lowest BCUT2D eigenvalue weighted by molar-refractivity contribution is -0.114. The minimum atomic E-state index is -0.137. The number of carbonyl (C=O) groups is 1. The van der Waals surface area contributed by atoms with E-state index in [1.54, 1.807) is 24.3 Å². The molecule has 0 atom stereocenters. The molecule has 0 saturated heterocycles. The van der Waals surface area contributed by atoms with E-state index >= 15 is 0 Å². The highest BCUT2D eigenvalue weighted by Gasteiger charge is 2.05. The van der Waals surface area contributed by atoms with Crippen molar-refractivity contribution >= 4 is 60.7 Å². The quantitative estimate of drug-likeness (QED) is 0.740. The smallest absolute Gasteiger partial charge is 0.243 e. The van der Waals surface area contributed by atoms with Crippen molar-refractivity contribution in [2.45, 2.75) is 0 Å². The first-order valence-corrected chi connectivity index (χ1v) is 7.75. The van der Waals surface area contributed by atoms with Crippen molar-refractivity contribution in [1.82, 2.24) is 0 Å². The first-order chi connectivity index (χ1) is 9.54. The number of anilines is 2. The Bertz CT molecular complexity index is 634. The van der Waals surface area contributed by atoms with Gasteiger partial charge in [-0.1, -0.05) is 33.6 Å². The van der Waals surface area contributed by atoms with Gasteiger partial charge in [0.15, 0.2) is 0 Å². The number of amides is 1. The summed E-state index contributed by atoms with van der Waals surface area (Å²) in [6, 6.07) is 12.7. The van der Waals surface area contributed by atoms with Gasteiger partial charge in [-0.2, -0.15) is 0 Å². The van der Waals surface area contributed by atoms with Crippen molar-refractivity contribution in [2.24, 2.45) is 0 Å². The SMILES string of the molecule is O=C(CNc1ccc(Br)cc1Br)Nc1cccc(Cl)c1.